The summed E-state index contributed by atoms with van der Waals surface area (Å²) in [5.41, 5.74) is 6.90. The fourth-order valence-electron chi connectivity index (χ4n) is 1.80. The van der Waals surface area contributed by atoms with Crippen LogP contribution in [0.15, 0.2) is 47.0 Å². The van der Waals surface area contributed by atoms with Crippen molar-refractivity contribution < 1.29 is 9.21 Å². The number of nitrogens with one attached hydrogen (secondary N) is 1. The van der Waals surface area contributed by atoms with Gasteiger partial charge in [0.2, 0.25) is 0 Å². The van der Waals surface area contributed by atoms with Crippen molar-refractivity contribution in [3.05, 3.63) is 53.4 Å². The number of halogens is 1. The van der Waals surface area contributed by atoms with E-state index in [0.29, 0.717) is 22.1 Å². The number of benzene rings is 1. The lowest BCUT2D eigenvalue weighted by Gasteiger charge is -2.01. The van der Waals surface area contributed by atoms with Crippen LogP contribution >= 0.6 is 11.6 Å². The monoisotopic (exact) mass is 287 g/mol. The summed E-state index contributed by atoms with van der Waals surface area (Å²) < 4.78 is 5.46. The Balaban J connectivity index is 1.86. The molecule has 6 heteroatoms. The number of carbonyl (C=O) groups excluding carboxylic acids is 1. The second-order valence-electron chi connectivity index (χ2n) is 4.22. The standard InChI is InChI=1S/C14H10ClN3O2/c15-9-1-4-13(17-7-9)18-14(19)12-6-8-5-10(16)2-3-11(8)20-12/h1-7H,16H2,(H,17,18,19). The van der Waals surface area contributed by atoms with Crippen molar-refractivity contribution in [3.8, 4) is 0 Å². The summed E-state index contributed by atoms with van der Waals surface area (Å²) in [6.07, 6.45) is 1.45. The fourth-order valence-corrected chi connectivity index (χ4v) is 1.91. The van der Waals surface area contributed by atoms with Crippen LogP contribution in [0, 0.1) is 0 Å². The molecule has 2 heterocycles. The summed E-state index contributed by atoms with van der Waals surface area (Å²) in [7, 11) is 0. The highest BCUT2D eigenvalue weighted by atomic mass is 35.5. The lowest BCUT2D eigenvalue weighted by molar-refractivity contribution is 0.0998. The summed E-state index contributed by atoms with van der Waals surface area (Å²) in [5, 5.41) is 3.91. The zero-order valence-electron chi connectivity index (χ0n) is 10.3. The zero-order valence-corrected chi connectivity index (χ0v) is 11.0. The highest BCUT2D eigenvalue weighted by molar-refractivity contribution is 6.30. The predicted octanol–water partition coefficient (Wildman–Crippen LogP) is 3.32. The van der Waals surface area contributed by atoms with E-state index in [1.807, 2.05) is 0 Å². The van der Waals surface area contributed by atoms with Crippen molar-refractivity contribution >= 4 is 40.0 Å². The first-order valence-electron chi connectivity index (χ1n) is 5.84. The molecule has 0 aliphatic rings. The average Bonchev–Trinajstić information content (AvgIpc) is 2.84. The van der Waals surface area contributed by atoms with Crippen molar-refractivity contribution in [1.29, 1.82) is 0 Å². The van der Waals surface area contributed by atoms with Crippen LogP contribution in [0.2, 0.25) is 5.02 Å². The molecule has 0 aliphatic carbocycles. The normalized spacial score (nSPS) is 10.7. The smallest absolute Gasteiger partial charge is 0.292 e. The van der Waals surface area contributed by atoms with Gasteiger partial charge in [0.05, 0.1) is 5.02 Å². The molecule has 0 radical (unpaired) electrons. The maximum Gasteiger partial charge on any atom is 0.292 e. The third kappa shape index (κ3) is 2.44. The topological polar surface area (TPSA) is 81.1 Å². The van der Waals surface area contributed by atoms with Gasteiger partial charge < -0.3 is 15.5 Å². The van der Waals surface area contributed by atoms with Gasteiger partial charge in [-0.3, -0.25) is 4.79 Å². The SMILES string of the molecule is Nc1ccc2oc(C(=O)Nc3ccc(Cl)cn3)cc2c1. The summed E-state index contributed by atoms with van der Waals surface area (Å²) in [6.45, 7) is 0. The molecule has 1 amide bonds. The van der Waals surface area contributed by atoms with Gasteiger partial charge in [-0.2, -0.15) is 0 Å². The lowest BCUT2D eigenvalue weighted by atomic mass is 10.2. The maximum absolute atomic E-state index is 12.0. The second-order valence-corrected chi connectivity index (χ2v) is 4.66. The van der Waals surface area contributed by atoms with Crippen LogP contribution in [0.4, 0.5) is 11.5 Å². The van der Waals surface area contributed by atoms with E-state index >= 15 is 0 Å². The van der Waals surface area contributed by atoms with Crippen molar-refractivity contribution in [2.24, 2.45) is 0 Å². The van der Waals surface area contributed by atoms with Gasteiger partial charge in [0.15, 0.2) is 5.76 Å². The third-order valence-corrected chi connectivity index (χ3v) is 2.96. The van der Waals surface area contributed by atoms with Crippen LogP contribution in [-0.4, -0.2) is 10.9 Å². The Morgan fingerprint density at radius 2 is 2.10 bits per heavy atom. The van der Waals surface area contributed by atoms with Gasteiger partial charge in [-0.15, -0.1) is 0 Å². The average molecular weight is 288 g/mol. The van der Waals surface area contributed by atoms with Gasteiger partial charge in [-0.25, -0.2) is 4.98 Å². The molecule has 3 aromatic rings. The Bertz CT molecular complexity index is 781. The fraction of sp³-hybridized carbons (Fsp3) is 0. The predicted molar refractivity (Wildman–Crippen MR) is 77.8 cm³/mol. The number of anilines is 2. The molecule has 1 aromatic carbocycles. The molecule has 0 saturated heterocycles. The molecule has 5 nitrogen and oxygen atoms in total. The third-order valence-electron chi connectivity index (χ3n) is 2.73. The van der Waals surface area contributed by atoms with E-state index in [1.165, 1.54) is 6.20 Å². The van der Waals surface area contributed by atoms with Gasteiger partial charge >= 0.3 is 0 Å². The summed E-state index contributed by atoms with van der Waals surface area (Å²) >= 11 is 5.73. The van der Waals surface area contributed by atoms with Gasteiger partial charge in [0.1, 0.15) is 11.4 Å². The van der Waals surface area contributed by atoms with E-state index in [4.69, 9.17) is 21.8 Å². The van der Waals surface area contributed by atoms with Crippen LogP contribution in [0.5, 0.6) is 0 Å². The molecule has 0 unspecified atom stereocenters. The summed E-state index contributed by atoms with van der Waals surface area (Å²) in [4.78, 5) is 16.0. The van der Waals surface area contributed by atoms with Crippen molar-refractivity contribution in [1.82, 2.24) is 4.98 Å². The van der Waals surface area contributed by atoms with E-state index in [2.05, 4.69) is 10.3 Å². The van der Waals surface area contributed by atoms with E-state index in [1.54, 1.807) is 36.4 Å². The summed E-state index contributed by atoms with van der Waals surface area (Å²) in [5.74, 6) is 0.219. The van der Waals surface area contributed by atoms with E-state index in [-0.39, 0.29) is 11.7 Å². The van der Waals surface area contributed by atoms with Crippen molar-refractivity contribution in [3.63, 3.8) is 0 Å². The first-order valence-corrected chi connectivity index (χ1v) is 6.21. The Morgan fingerprint density at radius 3 is 2.85 bits per heavy atom. The van der Waals surface area contributed by atoms with Crippen LogP contribution < -0.4 is 11.1 Å². The second kappa shape index (κ2) is 4.86. The number of furan rings is 1. The van der Waals surface area contributed by atoms with Gasteiger partial charge in [0, 0.05) is 17.3 Å². The minimum atomic E-state index is -0.380. The number of amides is 1. The molecule has 0 atom stereocenters. The number of pyridine rings is 1. The molecule has 0 bridgehead atoms. The van der Waals surface area contributed by atoms with E-state index in [9.17, 15) is 4.79 Å². The molecule has 0 saturated carbocycles. The molecule has 0 fully saturated rings. The Kier molecular flexibility index (Phi) is 3.04. The molecule has 3 N–H and O–H groups in total. The minimum absolute atomic E-state index is 0.197. The van der Waals surface area contributed by atoms with Crippen LogP contribution in [0.25, 0.3) is 11.0 Å². The largest absolute Gasteiger partial charge is 0.451 e. The first kappa shape index (κ1) is 12.5. The Morgan fingerprint density at radius 1 is 1.25 bits per heavy atom. The molecular formula is C14H10ClN3O2. The van der Waals surface area contributed by atoms with Crippen LogP contribution in [0.1, 0.15) is 10.6 Å². The lowest BCUT2D eigenvalue weighted by Crippen LogP contribution is -2.11. The Labute approximate surface area is 119 Å². The number of hydrogen-bond donors (Lipinski definition) is 2. The number of carbonyl (C=O) groups is 1. The van der Waals surface area contributed by atoms with Crippen LogP contribution in [0.3, 0.4) is 0 Å². The molecule has 100 valence electrons. The first-order chi connectivity index (χ1) is 9.61. The molecule has 0 spiro atoms. The van der Waals surface area contributed by atoms with Gasteiger partial charge in [-0.05, 0) is 36.4 Å². The van der Waals surface area contributed by atoms with E-state index in [0.717, 1.165) is 5.39 Å². The maximum atomic E-state index is 12.0. The number of nitrogens with zero attached hydrogens (tertiary/aromatic N) is 1. The quantitative estimate of drug-likeness (QED) is 0.709. The number of hydrogen-bond acceptors (Lipinski definition) is 4. The Hall–Kier alpha value is -2.53. The minimum Gasteiger partial charge on any atom is -0.451 e. The number of fused-ring (bicyclic) bond motifs is 1. The van der Waals surface area contributed by atoms with Crippen molar-refractivity contribution in [2.45, 2.75) is 0 Å². The molecule has 20 heavy (non-hydrogen) atoms. The summed E-state index contributed by atoms with van der Waals surface area (Å²) in [6, 6.07) is 10.1. The van der Waals surface area contributed by atoms with Crippen molar-refractivity contribution in [2.75, 3.05) is 11.1 Å². The number of aromatic nitrogens is 1. The highest BCUT2D eigenvalue weighted by Crippen LogP contribution is 2.22. The van der Waals surface area contributed by atoms with E-state index < -0.39 is 0 Å². The van der Waals surface area contributed by atoms with Gasteiger partial charge in [-0.1, -0.05) is 11.6 Å². The molecule has 3 rings (SSSR count). The molecule has 0 aliphatic heterocycles. The van der Waals surface area contributed by atoms with Gasteiger partial charge in [0.25, 0.3) is 5.91 Å². The number of nitrogens with two attached hydrogens (primary N) is 1. The molecular weight excluding hydrogens is 278 g/mol. The molecule has 2 aromatic heterocycles. The highest BCUT2D eigenvalue weighted by Gasteiger charge is 2.13. The van der Waals surface area contributed by atoms with Crippen LogP contribution in [-0.2, 0) is 0 Å². The number of nitrogen functional groups attached to an aromatic ring is 1. The zero-order chi connectivity index (χ0) is 14.1. The number of rotatable bonds is 2.